The van der Waals surface area contributed by atoms with Crippen LogP contribution < -0.4 is 0 Å². The van der Waals surface area contributed by atoms with Crippen LogP contribution in [0.1, 0.15) is 39.0 Å². The van der Waals surface area contributed by atoms with Gasteiger partial charge in [-0.25, -0.2) is 0 Å². The van der Waals surface area contributed by atoms with Crippen LogP contribution in [0.25, 0.3) is 0 Å². The fraction of sp³-hybridized carbons (Fsp3) is 0.867. The third kappa shape index (κ3) is 5.89. The average molecular weight is 288 g/mol. The molecule has 0 aromatic rings. The Morgan fingerprint density at radius 3 is 2.50 bits per heavy atom. The van der Waals surface area contributed by atoms with Crippen LogP contribution in [0.4, 0.5) is 0 Å². The molecule has 1 aliphatic rings. The summed E-state index contributed by atoms with van der Waals surface area (Å²) in [5.41, 5.74) is 0. The normalized spacial score (nSPS) is 28.3. The maximum atomic E-state index is 9.70. The Hall–Kier alpha value is -0.460. The standard InChI is InChI=1S/C15H28O5/c1-2-3-4-5-6-7-8-9-19-13(10-16)15-14(18)12(17)11-20-15/h5-6,12-18H,2-4,7-11H2,1H3/b6-5+/t12-,13+,14-,15-/m0/s1. The largest absolute Gasteiger partial charge is 0.394 e. The van der Waals surface area contributed by atoms with Crippen LogP contribution >= 0.6 is 0 Å². The highest BCUT2D eigenvalue weighted by Crippen LogP contribution is 2.19. The first kappa shape index (κ1) is 17.6. The molecule has 1 heterocycles. The number of ether oxygens (including phenoxy) is 2. The van der Waals surface area contributed by atoms with Crippen LogP contribution in [0, 0.1) is 0 Å². The van der Waals surface area contributed by atoms with Gasteiger partial charge in [0.2, 0.25) is 0 Å². The lowest BCUT2D eigenvalue weighted by Crippen LogP contribution is -2.42. The second-order valence-corrected chi connectivity index (χ2v) is 5.20. The summed E-state index contributed by atoms with van der Waals surface area (Å²) in [4.78, 5) is 0. The molecule has 5 nitrogen and oxygen atoms in total. The summed E-state index contributed by atoms with van der Waals surface area (Å²) in [6.07, 6.45) is 6.60. The van der Waals surface area contributed by atoms with E-state index in [1.807, 2.05) is 0 Å². The summed E-state index contributed by atoms with van der Waals surface area (Å²) >= 11 is 0. The molecule has 5 heteroatoms. The Kier molecular flexibility index (Phi) is 9.05. The number of unbranched alkanes of at least 4 members (excludes halogenated alkanes) is 3. The van der Waals surface area contributed by atoms with Crippen molar-refractivity contribution in [3.05, 3.63) is 12.2 Å². The summed E-state index contributed by atoms with van der Waals surface area (Å²) in [6, 6.07) is 0. The molecule has 1 rings (SSSR count). The number of hydrogen-bond donors (Lipinski definition) is 3. The molecule has 0 amide bonds. The van der Waals surface area contributed by atoms with Gasteiger partial charge in [-0.3, -0.25) is 0 Å². The van der Waals surface area contributed by atoms with Gasteiger partial charge in [0.1, 0.15) is 24.4 Å². The van der Waals surface area contributed by atoms with Gasteiger partial charge in [0.15, 0.2) is 0 Å². The number of allylic oxidation sites excluding steroid dienone is 2. The summed E-state index contributed by atoms with van der Waals surface area (Å²) in [5, 5.41) is 28.4. The summed E-state index contributed by atoms with van der Waals surface area (Å²) in [7, 11) is 0. The highest BCUT2D eigenvalue weighted by molar-refractivity contribution is 4.88. The molecule has 0 aromatic heterocycles. The minimum absolute atomic E-state index is 0.0891. The summed E-state index contributed by atoms with van der Waals surface area (Å²) in [5.74, 6) is 0. The number of rotatable bonds is 10. The molecule has 0 aromatic carbocycles. The van der Waals surface area contributed by atoms with E-state index in [1.54, 1.807) is 0 Å². The van der Waals surface area contributed by atoms with Gasteiger partial charge in [0.25, 0.3) is 0 Å². The van der Waals surface area contributed by atoms with Crippen LogP contribution in [0.15, 0.2) is 12.2 Å². The third-order valence-electron chi connectivity index (χ3n) is 3.47. The van der Waals surface area contributed by atoms with E-state index >= 15 is 0 Å². The van der Waals surface area contributed by atoms with E-state index in [1.165, 1.54) is 12.8 Å². The highest BCUT2D eigenvalue weighted by Gasteiger charge is 2.40. The van der Waals surface area contributed by atoms with Crippen molar-refractivity contribution < 1.29 is 24.8 Å². The quantitative estimate of drug-likeness (QED) is 0.413. The molecule has 0 saturated carbocycles. The van der Waals surface area contributed by atoms with Crippen LogP contribution in [-0.2, 0) is 9.47 Å². The summed E-state index contributed by atoms with van der Waals surface area (Å²) in [6.45, 7) is 2.55. The van der Waals surface area contributed by atoms with Gasteiger partial charge in [-0.05, 0) is 19.3 Å². The lowest BCUT2D eigenvalue weighted by molar-refractivity contribution is -0.101. The van der Waals surface area contributed by atoms with Crippen molar-refractivity contribution in [1.82, 2.24) is 0 Å². The van der Waals surface area contributed by atoms with Crippen molar-refractivity contribution in [2.24, 2.45) is 0 Å². The Morgan fingerprint density at radius 1 is 1.25 bits per heavy atom. The van der Waals surface area contributed by atoms with E-state index in [0.717, 1.165) is 19.3 Å². The molecule has 0 unspecified atom stereocenters. The van der Waals surface area contributed by atoms with Gasteiger partial charge in [-0.1, -0.05) is 31.9 Å². The van der Waals surface area contributed by atoms with Gasteiger partial charge >= 0.3 is 0 Å². The SMILES string of the molecule is CCCC/C=C/CCCO[C@H](CO)[C@@H]1OC[C@H](O)[C@@H]1O. The van der Waals surface area contributed by atoms with Gasteiger partial charge in [-0.2, -0.15) is 0 Å². The van der Waals surface area contributed by atoms with E-state index in [0.29, 0.717) is 6.61 Å². The third-order valence-corrected chi connectivity index (χ3v) is 3.47. The first-order chi connectivity index (χ1) is 9.70. The molecule has 3 N–H and O–H groups in total. The molecule has 118 valence electrons. The number of hydrogen-bond acceptors (Lipinski definition) is 5. The molecular weight excluding hydrogens is 260 g/mol. The van der Waals surface area contributed by atoms with Crippen molar-refractivity contribution in [3.8, 4) is 0 Å². The van der Waals surface area contributed by atoms with Gasteiger partial charge in [-0.15, -0.1) is 0 Å². The van der Waals surface area contributed by atoms with Crippen LogP contribution in [0.5, 0.6) is 0 Å². The van der Waals surface area contributed by atoms with Crippen molar-refractivity contribution in [3.63, 3.8) is 0 Å². The van der Waals surface area contributed by atoms with E-state index < -0.39 is 24.4 Å². The zero-order valence-corrected chi connectivity index (χ0v) is 12.3. The molecule has 0 bridgehead atoms. The number of aliphatic hydroxyl groups is 3. The molecule has 0 radical (unpaired) electrons. The second-order valence-electron chi connectivity index (χ2n) is 5.20. The molecule has 1 saturated heterocycles. The molecule has 1 aliphatic heterocycles. The van der Waals surface area contributed by atoms with Crippen LogP contribution in [0.2, 0.25) is 0 Å². The zero-order chi connectivity index (χ0) is 14.8. The molecule has 1 fully saturated rings. The minimum atomic E-state index is -0.985. The fourth-order valence-electron chi connectivity index (χ4n) is 2.20. The first-order valence-corrected chi connectivity index (χ1v) is 7.55. The molecule has 0 aliphatic carbocycles. The first-order valence-electron chi connectivity index (χ1n) is 7.55. The Morgan fingerprint density at radius 2 is 1.95 bits per heavy atom. The number of aliphatic hydroxyl groups excluding tert-OH is 3. The topological polar surface area (TPSA) is 79.2 Å². The fourth-order valence-corrected chi connectivity index (χ4v) is 2.20. The van der Waals surface area contributed by atoms with E-state index in [4.69, 9.17) is 9.47 Å². The Bertz CT molecular complexity index is 269. The Labute approximate surface area is 121 Å². The van der Waals surface area contributed by atoms with Crippen LogP contribution in [-0.4, -0.2) is 59.6 Å². The monoisotopic (exact) mass is 288 g/mol. The summed E-state index contributed by atoms with van der Waals surface area (Å²) < 4.78 is 10.8. The predicted octanol–water partition coefficient (Wildman–Crippen LogP) is 1.01. The molecule has 0 spiro atoms. The minimum Gasteiger partial charge on any atom is -0.394 e. The van der Waals surface area contributed by atoms with Crippen LogP contribution in [0.3, 0.4) is 0 Å². The van der Waals surface area contributed by atoms with Gasteiger partial charge in [0.05, 0.1) is 13.2 Å². The highest BCUT2D eigenvalue weighted by atomic mass is 16.6. The smallest absolute Gasteiger partial charge is 0.114 e. The van der Waals surface area contributed by atoms with Crippen molar-refractivity contribution in [2.75, 3.05) is 19.8 Å². The molecule has 20 heavy (non-hydrogen) atoms. The van der Waals surface area contributed by atoms with Crippen molar-refractivity contribution in [2.45, 2.75) is 63.4 Å². The molecule has 4 atom stereocenters. The van der Waals surface area contributed by atoms with Crippen molar-refractivity contribution >= 4 is 0 Å². The van der Waals surface area contributed by atoms with Gasteiger partial charge in [0, 0.05) is 6.61 Å². The maximum absolute atomic E-state index is 9.70. The zero-order valence-electron chi connectivity index (χ0n) is 12.3. The Balaban J connectivity index is 2.14. The van der Waals surface area contributed by atoms with Gasteiger partial charge < -0.3 is 24.8 Å². The van der Waals surface area contributed by atoms with E-state index in [-0.39, 0.29) is 13.2 Å². The lowest BCUT2D eigenvalue weighted by Gasteiger charge is -2.24. The second kappa shape index (κ2) is 10.3. The maximum Gasteiger partial charge on any atom is 0.114 e. The lowest BCUT2D eigenvalue weighted by atomic mass is 10.1. The van der Waals surface area contributed by atoms with E-state index in [2.05, 4.69) is 19.1 Å². The predicted molar refractivity (Wildman–Crippen MR) is 76.5 cm³/mol. The van der Waals surface area contributed by atoms with E-state index in [9.17, 15) is 15.3 Å². The van der Waals surface area contributed by atoms with Crippen molar-refractivity contribution in [1.29, 1.82) is 0 Å². The average Bonchev–Trinajstić information content (AvgIpc) is 2.78. The molecular formula is C15H28O5.